The van der Waals surface area contributed by atoms with E-state index in [0.29, 0.717) is 6.42 Å². The molecule has 0 aromatic rings. The lowest BCUT2D eigenvalue weighted by molar-refractivity contribution is -0.344. The van der Waals surface area contributed by atoms with Gasteiger partial charge >= 0.3 is 11.9 Å². The lowest BCUT2D eigenvalue weighted by atomic mass is 9.82. The van der Waals surface area contributed by atoms with E-state index in [9.17, 15) is 34.8 Å². The molecule has 0 radical (unpaired) electrons. The number of carbonyl (C=O) groups excluding carboxylic acids is 3. The van der Waals surface area contributed by atoms with Crippen LogP contribution in [0.5, 0.6) is 0 Å². The van der Waals surface area contributed by atoms with Crippen molar-refractivity contribution in [1.82, 2.24) is 4.90 Å². The first-order chi connectivity index (χ1) is 25.8. The number of nitrogens with zero attached hydrogens (tertiary/aromatic N) is 1. The summed E-state index contributed by atoms with van der Waals surface area (Å²) in [6.07, 6.45) is -3.92. The molecule has 15 heteroatoms. The molecule has 3 aliphatic rings. The van der Waals surface area contributed by atoms with E-state index < -0.39 is 110 Å². The summed E-state index contributed by atoms with van der Waals surface area (Å²) in [6, 6.07) is -0.753. The number of cyclic esters (lactones) is 1. The first-order valence-corrected chi connectivity index (χ1v) is 19.5. The fraction of sp³-hybridized carbons (Fsp3) is 0.825. The third kappa shape index (κ3) is 13.4. The SMILES string of the molecule is CO[C@@H]1[C@@H](O[C@@H]2O[C@H](C)[C@@H](O[C@H]3C[C@@](C)(O)[C@@H](OC(=O)CC(C)C)[C@H](C)O3)[C@H](N(C)C)[C@H]2O)[C@@H](CC=O)C[C@@H](C)[C@@H](O)C=CC=CC[C@@H](C)OC(=O)C[C@H]1O. The predicted molar refractivity (Wildman–Crippen MR) is 200 cm³/mol. The van der Waals surface area contributed by atoms with Crippen LogP contribution in [0.1, 0.15) is 87.0 Å². The highest BCUT2D eigenvalue weighted by Crippen LogP contribution is 2.37. The van der Waals surface area contributed by atoms with Crippen molar-refractivity contribution in [2.45, 2.75) is 172 Å². The van der Waals surface area contributed by atoms with Crippen molar-refractivity contribution in [2.24, 2.45) is 17.8 Å². The zero-order valence-electron chi connectivity index (χ0n) is 34.2. The summed E-state index contributed by atoms with van der Waals surface area (Å²) >= 11 is 0. The van der Waals surface area contributed by atoms with Gasteiger partial charge in [0.1, 0.15) is 36.3 Å². The van der Waals surface area contributed by atoms with E-state index in [-0.39, 0.29) is 37.5 Å². The van der Waals surface area contributed by atoms with Crippen LogP contribution in [0, 0.1) is 17.8 Å². The Morgan fingerprint density at radius 1 is 1.04 bits per heavy atom. The second kappa shape index (κ2) is 21.4. The first kappa shape index (κ1) is 47.1. The number of likely N-dealkylation sites (N-methyl/N-ethyl adjacent to an activating group) is 1. The normalized spacial score (nSPS) is 41.2. The molecule has 0 spiro atoms. The standard InChI is InChI=1S/C40H67NO14/c1-22(2)18-30(45)53-38-26(6)51-32(21-40(38,7)48)54-35-25(5)52-39(34(47)33(35)41(8)9)55-36-27(16-17-42)19-23(3)28(43)15-13-11-12-14-24(4)50-31(46)20-29(44)37(36)49-10/h11-13,15,17,22-29,32-39,43-44,47-48H,14,16,18-21H2,1-10H3/t23-,24-,25-,26+,27+,28+,29-,32+,33-,34-,35-,36+,37+,38+,39+,40-/m1/s1. The molecule has 4 N–H and O–H groups in total. The summed E-state index contributed by atoms with van der Waals surface area (Å²) in [5.74, 6) is -2.03. The first-order valence-electron chi connectivity index (χ1n) is 19.5. The van der Waals surface area contributed by atoms with Crippen LogP contribution in [0.25, 0.3) is 0 Å². The largest absolute Gasteiger partial charge is 0.462 e. The minimum atomic E-state index is -1.49. The second-order valence-electron chi connectivity index (χ2n) is 16.4. The van der Waals surface area contributed by atoms with Gasteiger partial charge in [0.2, 0.25) is 0 Å². The number of aldehydes is 1. The molecular weight excluding hydrogens is 718 g/mol. The molecule has 316 valence electrons. The Bertz CT molecular complexity index is 1270. The van der Waals surface area contributed by atoms with Crippen LogP contribution in [0.4, 0.5) is 0 Å². The Kier molecular flexibility index (Phi) is 18.4. The summed E-state index contributed by atoms with van der Waals surface area (Å²) in [5.41, 5.74) is -1.49. The Hall–Kier alpha value is -2.31. The van der Waals surface area contributed by atoms with Crippen LogP contribution < -0.4 is 0 Å². The minimum Gasteiger partial charge on any atom is -0.462 e. The van der Waals surface area contributed by atoms with Crippen molar-refractivity contribution >= 4 is 18.2 Å². The molecule has 3 rings (SSSR count). The Morgan fingerprint density at radius 3 is 2.33 bits per heavy atom. The number of esters is 2. The summed E-state index contributed by atoms with van der Waals surface area (Å²) in [7, 11) is 4.86. The summed E-state index contributed by atoms with van der Waals surface area (Å²) < 4.78 is 42.4. The highest BCUT2D eigenvalue weighted by molar-refractivity contribution is 5.70. The van der Waals surface area contributed by atoms with Gasteiger partial charge in [-0.15, -0.1) is 0 Å². The van der Waals surface area contributed by atoms with Crippen molar-refractivity contribution in [3.63, 3.8) is 0 Å². The van der Waals surface area contributed by atoms with Gasteiger partial charge in [0, 0.05) is 32.8 Å². The third-order valence-electron chi connectivity index (χ3n) is 10.6. The summed E-state index contributed by atoms with van der Waals surface area (Å²) in [6.45, 7) is 12.4. The van der Waals surface area contributed by atoms with Crippen LogP contribution in [-0.2, 0) is 47.5 Å². The monoisotopic (exact) mass is 785 g/mol. The molecular formula is C40H67NO14. The number of hydrogen-bond acceptors (Lipinski definition) is 15. The zero-order chi connectivity index (χ0) is 41.2. The molecule has 0 unspecified atom stereocenters. The molecule has 15 nitrogen and oxygen atoms in total. The Balaban J connectivity index is 1.90. The van der Waals surface area contributed by atoms with Gasteiger partial charge in [-0.2, -0.15) is 0 Å². The maximum atomic E-state index is 12.9. The van der Waals surface area contributed by atoms with E-state index in [1.54, 1.807) is 64.9 Å². The van der Waals surface area contributed by atoms with Crippen LogP contribution >= 0.6 is 0 Å². The van der Waals surface area contributed by atoms with Crippen LogP contribution in [-0.4, -0.2) is 150 Å². The quantitative estimate of drug-likeness (QED) is 0.176. The van der Waals surface area contributed by atoms with Gasteiger partial charge in [-0.05, 0) is 66.0 Å². The maximum absolute atomic E-state index is 12.9. The molecule has 0 bridgehead atoms. The van der Waals surface area contributed by atoms with E-state index in [1.165, 1.54) is 7.11 Å². The zero-order valence-corrected chi connectivity index (χ0v) is 34.2. The van der Waals surface area contributed by atoms with E-state index in [4.69, 9.17) is 33.2 Å². The second-order valence-corrected chi connectivity index (χ2v) is 16.4. The van der Waals surface area contributed by atoms with Crippen molar-refractivity contribution in [2.75, 3.05) is 21.2 Å². The van der Waals surface area contributed by atoms with Crippen molar-refractivity contribution < 1.29 is 68.0 Å². The number of aliphatic hydroxyl groups excluding tert-OH is 3. The van der Waals surface area contributed by atoms with Gasteiger partial charge < -0.3 is 63.3 Å². The van der Waals surface area contributed by atoms with Crippen LogP contribution in [0.3, 0.4) is 0 Å². The number of rotatable bonds is 11. The molecule has 0 aromatic heterocycles. The van der Waals surface area contributed by atoms with Crippen molar-refractivity contribution in [3.05, 3.63) is 24.3 Å². The third-order valence-corrected chi connectivity index (χ3v) is 10.6. The van der Waals surface area contributed by atoms with Crippen LogP contribution in [0.2, 0.25) is 0 Å². The lowest BCUT2D eigenvalue weighted by Gasteiger charge is -2.50. The molecule has 0 aromatic carbocycles. The molecule has 2 saturated heterocycles. The Morgan fingerprint density at radius 2 is 1.73 bits per heavy atom. The highest BCUT2D eigenvalue weighted by atomic mass is 16.7. The van der Waals surface area contributed by atoms with Gasteiger partial charge in [0.25, 0.3) is 0 Å². The van der Waals surface area contributed by atoms with Gasteiger partial charge in [-0.3, -0.25) is 9.59 Å². The number of allylic oxidation sites excluding steroid dienone is 2. The average Bonchev–Trinajstić information content (AvgIpc) is 3.06. The smallest absolute Gasteiger partial charge is 0.308 e. The lowest BCUT2D eigenvalue weighted by Crippen LogP contribution is -2.66. The number of carbonyl (C=O) groups is 3. The molecule has 3 heterocycles. The van der Waals surface area contributed by atoms with Crippen molar-refractivity contribution in [3.8, 4) is 0 Å². The van der Waals surface area contributed by atoms with Crippen LogP contribution in [0.15, 0.2) is 24.3 Å². The molecule has 3 aliphatic heterocycles. The van der Waals surface area contributed by atoms with Gasteiger partial charge in [-0.25, -0.2) is 0 Å². The molecule has 0 amide bonds. The van der Waals surface area contributed by atoms with Gasteiger partial charge in [0.05, 0.1) is 43.0 Å². The topological polar surface area (TPSA) is 200 Å². The number of ether oxygens (including phenoxy) is 7. The van der Waals surface area contributed by atoms with Gasteiger partial charge in [0.15, 0.2) is 18.7 Å². The minimum absolute atomic E-state index is 0.0318. The number of hydrogen-bond donors (Lipinski definition) is 4. The fourth-order valence-electron chi connectivity index (χ4n) is 7.78. The van der Waals surface area contributed by atoms with E-state index in [1.807, 2.05) is 26.8 Å². The van der Waals surface area contributed by atoms with Gasteiger partial charge in [-0.1, -0.05) is 45.1 Å². The Labute approximate surface area is 326 Å². The number of methoxy groups -OCH3 is 1. The fourth-order valence-corrected chi connectivity index (χ4v) is 7.78. The van der Waals surface area contributed by atoms with Crippen molar-refractivity contribution in [1.29, 1.82) is 0 Å². The molecule has 0 saturated carbocycles. The molecule has 2 fully saturated rings. The summed E-state index contributed by atoms with van der Waals surface area (Å²) in [5, 5.41) is 45.8. The predicted octanol–water partition coefficient (Wildman–Crippen LogP) is 2.44. The summed E-state index contributed by atoms with van der Waals surface area (Å²) in [4.78, 5) is 39.3. The van der Waals surface area contributed by atoms with E-state index in [2.05, 4.69) is 0 Å². The van der Waals surface area contributed by atoms with E-state index >= 15 is 0 Å². The molecule has 55 heavy (non-hydrogen) atoms. The molecule has 16 atom stereocenters. The average molecular weight is 786 g/mol. The highest BCUT2D eigenvalue weighted by Gasteiger charge is 2.52. The molecule has 0 aliphatic carbocycles. The van der Waals surface area contributed by atoms with E-state index in [0.717, 1.165) is 6.29 Å². The number of aliphatic hydroxyl groups is 4. The maximum Gasteiger partial charge on any atom is 0.308 e.